The summed E-state index contributed by atoms with van der Waals surface area (Å²) in [4.78, 5) is 25.9. The first-order valence-electron chi connectivity index (χ1n) is 6.28. The second-order valence-electron chi connectivity index (χ2n) is 4.49. The largest absolute Gasteiger partial charge is 0.462 e. The van der Waals surface area contributed by atoms with E-state index < -0.39 is 23.3 Å². The van der Waals surface area contributed by atoms with Crippen LogP contribution in [-0.4, -0.2) is 23.7 Å². The lowest BCUT2D eigenvalue weighted by atomic mass is 10.1. The van der Waals surface area contributed by atoms with Gasteiger partial charge in [0.1, 0.15) is 11.7 Å². The standard InChI is InChI=1S/C13H16FNO4/c1-3-18-13(17)8-6-15-11(10(14)12(8)16)9-5-4-7(2)19-9/h6-7,9H,3-5H2,1-2H3,(H,15,16). The molecule has 0 aliphatic carbocycles. The number of rotatable bonds is 3. The molecule has 1 saturated heterocycles. The SMILES string of the molecule is CCOC(=O)c1c[nH]c(C2CCC(C)O2)c(F)c1=O. The molecule has 0 spiro atoms. The van der Waals surface area contributed by atoms with Crippen LogP contribution in [-0.2, 0) is 9.47 Å². The Kier molecular flexibility index (Phi) is 3.99. The van der Waals surface area contributed by atoms with Crippen LogP contribution in [0, 0.1) is 5.82 Å². The minimum atomic E-state index is -0.968. The molecule has 1 aliphatic heterocycles. The van der Waals surface area contributed by atoms with E-state index in [4.69, 9.17) is 4.74 Å². The summed E-state index contributed by atoms with van der Waals surface area (Å²) in [6.07, 6.45) is 2.22. The van der Waals surface area contributed by atoms with Crippen molar-refractivity contribution in [3.63, 3.8) is 0 Å². The molecule has 1 aromatic rings. The van der Waals surface area contributed by atoms with Gasteiger partial charge < -0.3 is 14.5 Å². The summed E-state index contributed by atoms with van der Waals surface area (Å²) in [5, 5.41) is 0. The minimum absolute atomic E-state index is 0.0395. The monoisotopic (exact) mass is 269 g/mol. The van der Waals surface area contributed by atoms with Crippen LogP contribution in [0.4, 0.5) is 4.39 Å². The lowest BCUT2D eigenvalue weighted by Gasteiger charge is -2.12. The normalized spacial score (nSPS) is 22.5. The number of ether oxygens (including phenoxy) is 2. The smallest absolute Gasteiger partial charge is 0.343 e. The van der Waals surface area contributed by atoms with Gasteiger partial charge in [0.05, 0.1) is 18.4 Å². The van der Waals surface area contributed by atoms with Gasteiger partial charge in [-0.1, -0.05) is 0 Å². The van der Waals surface area contributed by atoms with E-state index >= 15 is 0 Å². The number of H-pyrrole nitrogens is 1. The first-order valence-corrected chi connectivity index (χ1v) is 6.28. The molecule has 5 nitrogen and oxygen atoms in total. The predicted molar refractivity (Wildman–Crippen MR) is 65.5 cm³/mol. The zero-order chi connectivity index (χ0) is 14.0. The Labute approximate surface area is 109 Å². The van der Waals surface area contributed by atoms with Gasteiger partial charge in [0, 0.05) is 6.20 Å². The van der Waals surface area contributed by atoms with Crippen molar-refractivity contribution in [1.29, 1.82) is 0 Å². The van der Waals surface area contributed by atoms with Crippen LogP contribution in [0.25, 0.3) is 0 Å². The van der Waals surface area contributed by atoms with Crippen LogP contribution >= 0.6 is 0 Å². The lowest BCUT2D eigenvalue weighted by molar-refractivity contribution is 0.0490. The van der Waals surface area contributed by atoms with Crippen molar-refractivity contribution in [2.24, 2.45) is 0 Å². The van der Waals surface area contributed by atoms with Crippen LogP contribution in [0.3, 0.4) is 0 Å². The van der Waals surface area contributed by atoms with Crippen molar-refractivity contribution >= 4 is 5.97 Å². The molecule has 2 heterocycles. The predicted octanol–water partition coefficient (Wildman–Crippen LogP) is 1.93. The van der Waals surface area contributed by atoms with E-state index in [9.17, 15) is 14.0 Å². The summed E-state index contributed by atoms with van der Waals surface area (Å²) in [6.45, 7) is 3.64. The van der Waals surface area contributed by atoms with E-state index in [1.165, 1.54) is 6.20 Å². The number of carbonyl (C=O) groups is 1. The highest BCUT2D eigenvalue weighted by Gasteiger charge is 2.28. The molecular weight excluding hydrogens is 253 g/mol. The quantitative estimate of drug-likeness (QED) is 0.851. The Balaban J connectivity index is 2.32. The van der Waals surface area contributed by atoms with Crippen molar-refractivity contribution in [2.75, 3.05) is 6.61 Å². The molecule has 104 valence electrons. The fourth-order valence-corrected chi connectivity index (χ4v) is 2.13. The third-order valence-corrected chi connectivity index (χ3v) is 3.10. The maximum atomic E-state index is 14.0. The number of nitrogens with one attached hydrogen (secondary N) is 1. The molecular formula is C13H16FNO4. The van der Waals surface area contributed by atoms with Crippen molar-refractivity contribution in [3.8, 4) is 0 Å². The average molecular weight is 269 g/mol. The Morgan fingerprint density at radius 3 is 2.89 bits per heavy atom. The number of hydrogen-bond donors (Lipinski definition) is 1. The van der Waals surface area contributed by atoms with Gasteiger partial charge in [-0.25, -0.2) is 9.18 Å². The van der Waals surface area contributed by atoms with Gasteiger partial charge in [0.15, 0.2) is 5.82 Å². The molecule has 2 rings (SSSR count). The molecule has 2 atom stereocenters. The van der Waals surface area contributed by atoms with E-state index in [-0.39, 0.29) is 24.0 Å². The van der Waals surface area contributed by atoms with E-state index in [2.05, 4.69) is 9.72 Å². The molecule has 1 aliphatic rings. The molecule has 1 fully saturated rings. The third kappa shape index (κ3) is 2.68. The zero-order valence-electron chi connectivity index (χ0n) is 10.9. The van der Waals surface area contributed by atoms with Gasteiger partial charge in [-0.15, -0.1) is 0 Å². The zero-order valence-corrected chi connectivity index (χ0v) is 10.9. The average Bonchev–Trinajstić information content (AvgIpc) is 2.79. The fourth-order valence-electron chi connectivity index (χ4n) is 2.13. The number of aromatic amines is 1. The molecule has 6 heteroatoms. The van der Waals surface area contributed by atoms with Crippen LogP contribution in [0.2, 0.25) is 0 Å². The van der Waals surface area contributed by atoms with E-state index in [1.807, 2.05) is 6.92 Å². The Bertz CT molecular complexity index is 540. The highest BCUT2D eigenvalue weighted by atomic mass is 19.1. The molecule has 1 N–H and O–H groups in total. The van der Waals surface area contributed by atoms with Crippen LogP contribution < -0.4 is 5.43 Å². The van der Waals surface area contributed by atoms with Crippen molar-refractivity contribution in [3.05, 3.63) is 33.5 Å². The van der Waals surface area contributed by atoms with Crippen molar-refractivity contribution in [1.82, 2.24) is 4.98 Å². The van der Waals surface area contributed by atoms with E-state index in [0.29, 0.717) is 6.42 Å². The van der Waals surface area contributed by atoms with Gasteiger partial charge in [-0.05, 0) is 26.7 Å². The van der Waals surface area contributed by atoms with Gasteiger partial charge in [0.2, 0.25) is 5.43 Å². The number of halogens is 1. The summed E-state index contributed by atoms with van der Waals surface area (Å²) in [5.74, 6) is -1.79. The minimum Gasteiger partial charge on any atom is -0.462 e. The second-order valence-corrected chi connectivity index (χ2v) is 4.49. The Morgan fingerprint density at radius 2 is 2.32 bits per heavy atom. The first-order chi connectivity index (χ1) is 9.04. The summed E-state index contributed by atoms with van der Waals surface area (Å²) in [5.41, 5.74) is -1.17. The molecule has 0 aromatic carbocycles. The number of aromatic nitrogens is 1. The van der Waals surface area contributed by atoms with E-state index in [1.54, 1.807) is 6.92 Å². The molecule has 19 heavy (non-hydrogen) atoms. The van der Waals surface area contributed by atoms with Gasteiger partial charge in [-0.2, -0.15) is 0 Å². The van der Waals surface area contributed by atoms with E-state index in [0.717, 1.165) is 6.42 Å². The van der Waals surface area contributed by atoms with Crippen molar-refractivity contribution < 1.29 is 18.7 Å². The number of hydrogen-bond acceptors (Lipinski definition) is 4. The molecule has 0 radical (unpaired) electrons. The molecule has 2 unspecified atom stereocenters. The Hall–Kier alpha value is -1.69. The second kappa shape index (κ2) is 5.52. The number of esters is 1. The fraction of sp³-hybridized carbons (Fsp3) is 0.538. The highest BCUT2D eigenvalue weighted by Crippen LogP contribution is 2.31. The summed E-state index contributed by atoms with van der Waals surface area (Å²) in [6, 6.07) is 0. The molecule has 0 bridgehead atoms. The van der Waals surface area contributed by atoms with Gasteiger partial charge in [0.25, 0.3) is 0 Å². The molecule has 0 amide bonds. The van der Waals surface area contributed by atoms with Crippen LogP contribution in [0.1, 0.15) is 48.8 Å². The molecule has 0 saturated carbocycles. The third-order valence-electron chi connectivity index (χ3n) is 3.10. The number of carbonyl (C=O) groups excluding carboxylic acids is 1. The highest BCUT2D eigenvalue weighted by molar-refractivity contribution is 5.88. The molecule has 1 aromatic heterocycles. The first kappa shape index (κ1) is 13.7. The maximum Gasteiger partial charge on any atom is 0.343 e. The lowest BCUT2D eigenvalue weighted by Crippen LogP contribution is -2.23. The van der Waals surface area contributed by atoms with Gasteiger partial charge in [-0.3, -0.25) is 4.79 Å². The number of pyridine rings is 1. The van der Waals surface area contributed by atoms with Gasteiger partial charge >= 0.3 is 5.97 Å². The van der Waals surface area contributed by atoms with Crippen molar-refractivity contribution in [2.45, 2.75) is 38.9 Å². The topological polar surface area (TPSA) is 68.4 Å². The Morgan fingerprint density at radius 1 is 1.58 bits per heavy atom. The summed E-state index contributed by atoms with van der Waals surface area (Å²) >= 11 is 0. The van der Waals surface area contributed by atoms with Crippen LogP contribution in [0.5, 0.6) is 0 Å². The summed E-state index contributed by atoms with van der Waals surface area (Å²) < 4.78 is 24.2. The van der Waals surface area contributed by atoms with Crippen LogP contribution in [0.15, 0.2) is 11.0 Å². The maximum absolute atomic E-state index is 14.0. The summed E-state index contributed by atoms with van der Waals surface area (Å²) in [7, 11) is 0.